The Bertz CT molecular complexity index is 546. The maximum atomic E-state index is 10.3. The van der Waals surface area contributed by atoms with Crippen LogP contribution in [0.5, 0.6) is 0 Å². The van der Waals surface area contributed by atoms with Crippen LogP contribution >= 0.6 is 38.6 Å². The summed E-state index contributed by atoms with van der Waals surface area (Å²) in [5, 5.41) is 15.1. The van der Waals surface area contributed by atoms with Gasteiger partial charge in [-0.25, -0.2) is 0 Å². The van der Waals surface area contributed by atoms with Gasteiger partial charge in [0.2, 0.25) is 0 Å². The molecule has 2 nitrogen and oxygen atoms in total. The molecule has 2 heterocycles. The Labute approximate surface area is 136 Å². The summed E-state index contributed by atoms with van der Waals surface area (Å²) in [4.78, 5) is 1.35. The van der Waals surface area contributed by atoms with Crippen molar-refractivity contribution >= 4 is 48.0 Å². The van der Waals surface area contributed by atoms with Crippen LogP contribution in [0.3, 0.4) is 0 Å². The molecule has 0 aliphatic carbocycles. The second kappa shape index (κ2) is 7.18. The van der Waals surface area contributed by atoms with Crippen molar-refractivity contribution in [3.8, 4) is 0 Å². The molecule has 0 saturated carbocycles. The summed E-state index contributed by atoms with van der Waals surface area (Å²) in [6, 6.07) is 4.41. The lowest BCUT2D eigenvalue weighted by Crippen LogP contribution is -2.31. The van der Waals surface area contributed by atoms with Gasteiger partial charge in [-0.3, -0.25) is 0 Å². The van der Waals surface area contributed by atoms with Gasteiger partial charge in [0.1, 0.15) is 0 Å². The van der Waals surface area contributed by atoms with Gasteiger partial charge < -0.3 is 10.4 Å². The van der Waals surface area contributed by atoms with E-state index in [0.29, 0.717) is 6.42 Å². The van der Waals surface area contributed by atoms with Crippen molar-refractivity contribution in [1.29, 1.82) is 0 Å². The number of hydrogen-bond donors (Lipinski definition) is 2. The first-order chi connectivity index (χ1) is 9.56. The van der Waals surface area contributed by atoms with Crippen molar-refractivity contribution in [2.45, 2.75) is 38.3 Å². The average molecular weight is 374 g/mol. The van der Waals surface area contributed by atoms with E-state index < -0.39 is 5.60 Å². The molecule has 110 valence electrons. The number of nitrogens with one attached hydrogen (secondary N) is 1. The number of fused-ring (bicyclic) bond motifs is 1. The molecule has 2 N–H and O–H groups in total. The SMILES string of the molecule is C=CCC(O)(CC)CCNCc1cc2cc(Br)sc2s1. The molecule has 0 saturated heterocycles. The quantitative estimate of drug-likeness (QED) is 0.508. The van der Waals surface area contributed by atoms with E-state index in [2.05, 4.69) is 40.0 Å². The van der Waals surface area contributed by atoms with Crippen LogP contribution in [0.2, 0.25) is 0 Å². The molecular weight excluding hydrogens is 354 g/mol. The highest BCUT2D eigenvalue weighted by atomic mass is 79.9. The fourth-order valence-corrected chi connectivity index (χ4v) is 5.42. The molecule has 0 radical (unpaired) electrons. The van der Waals surface area contributed by atoms with Gasteiger partial charge >= 0.3 is 0 Å². The molecule has 0 amide bonds. The lowest BCUT2D eigenvalue weighted by atomic mass is 9.93. The van der Waals surface area contributed by atoms with Gasteiger partial charge in [0.05, 0.1) is 13.4 Å². The van der Waals surface area contributed by atoms with E-state index in [-0.39, 0.29) is 0 Å². The Morgan fingerprint density at radius 2 is 2.25 bits per heavy atom. The Morgan fingerprint density at radius 3 is 2.90 bits per heavy atom. The number of halogens is 1. The normalized spacial score (nSPS) is 14.6. The molecule has 2 aromatic rings. The minimum Gasteiger partial charge on any atom is -0.390 e. The highest BCUT2D eigenvalue weighted by Crippen LogP contribution is 2.36. The maximum absolute atomic E-state index is 10.3. The summed E-state index contributed by atoms with van der Waals surface area (Å²) < 4.78 is 2.56. The van der Waals surface area contributed by atoms with E-state index in [0.717, 1.165) is 25.9 Å². The summed E-state index contributed by atoms with van der Waals surface area (Å²) in [5.41, 5.74) is -0.602. The van der Waals surface area contributed by atoms with Crippen LogP contribution in [0.1, 0.15) is 31.1 Å². The second-order valence-corrected chi connectivity index (χ2v) is 8.83. The van der Waals surface area contributed by atoms with Crippen LogP contribution in [0.15, 0.2) is 28.6 Å². The summed E-state index contributed by atoms with van der Waals surface area (Å²) in [6.07, 6.45) is 3.99. The molecule has 0 aliphatic rings. The van der Waals surface area contributed by atoms with Crippen LogP contribution in [-0.4, -0.2) is 17.3 Å². The molecule has 1 atom stereocenters. The highest BCUT2D eigenvalue weighted by molar-refractivity contribution is 9.11. The van der Waals surface area contributed by atoms with Crippen molar-refractivity contribution in [1.82, 2.24) is 5.32 Å². The van der Waals surface area contributed by atoms with Crippen LogP contribution < -0.4 is 5.32 Å². The maximum Gasteiger partial charge on any atom is 0.0880 e. The zero-order valence-electron chi connectivity index (χ0n) is 11.6. The largest absolute Gasteiger partial charge is 0.390 e. The first-order valence-electron chi connectivity index (χ1n) is 6.78. The van der Waals surface area contributed by atoms with Crippen molar-refractivity contribution in [3.63, 3.8) is 0 Å². The molecule has 2 rings (SSSR count). The Morgan fingerprint density at radius 1 is 1.45 bits per heavy atom. The second-order valence-electron chi connectivity index (χ2n) is 5.00. The summed E-state index contributed by atoms with van der Waals surface area (Å²) in [5.74, 6) is 0. The molecule has 0 aliphatic heterocycles. The van der Waals surface area contributed by atoms with Crippen molar-refractivity contribution < 1.29 is 5.11 Å². The molecule has 20 heavy (non-hydrogen) atoms. The number of hydrogen-bond acceptors (Lipinski definition) is 4. The predicted molar refractivity (Wildman–Crippen MR) is 93.8 cm³/mol. The lowest BCUT2D eigenvalue weighted by Gasteiger charge is -2.25. The van der Waals surface area contributed by atoms with E-state index in [1.165, 1.54) is 18.1 Å². The van der Waals surface area contributed by atoms with Crippen molar-refractivity contribution in [3.05, 3.63) is 33.5 Å². The van der Waals surface area contributed by atoms with E-state index in [9.17, 15) is 5.11 Å². The zero-order valence-corrected chi connectivity index (χ0v) is 14.8. The van der Waals surface area contributed by atoms with Gasteiger partial charge in [0, 0.05) is 16.8 Å². The van der Waals surface area contributed by atoms with Crippen LogP contribution in [-0.2, 0) is 6.54 Å². The van der Waals surface area contributed by atoms with Crippen LogP contribution in [0.25, 0.3) is 9.40 Å². The van der Waals surface area contributed by atoms with Gasteiger partial charge in [0.15, 0.2) is 0 Å². The molecule has 1 unspecified atom stereocenters. The summed E-state index contributed by atoms with van der Waals surface area (Å²) in [6.45, 7) is 7.44. The van der Waals surface area contributed by atoms with Gasteiger partial charge in [0.25, 0.3) is 0 Å². The van der Waals surface area contributed by atoms with Gasteiger partial charge in [-0.1, -0.05) is 13.0 Å². The predicted octanol–water partition coefficient (Wildman–Crippen LogP) is 4.92. The van der Waals surface area contributed by atoms with E-state index in [1.807, 2.05) is 18.3 Å². The average Bonchev–Trinajstić information content (AvgIpc) is 2.92. The zero-order chi connectivity index (χ0) is 14.6. The van der Waals surface area contributed by atoms with Crippen molar-refractivity contribution in [2.24, 2.45) is 0 Å². The molecular formula is C15H20BrNOS2. The summed E-state index contributed by atoms with van der Waals surface area (Å²) in [7, 11) is 0. The van der Waals surface area contributed by atoms with Crippen molar-refractivity contribution in [2.75, 3.05) is 6.54 Å². The van der Waals surface area contributed by atoms with Crippen LogP contribution in [0, 0.1) is 0 Å². The minimum atomic E-state index is -0.602. The molecule has 0 aromatic carbocycles. The fraction of sp³-hybridized carbons (Fsp3) is 0.467. The number of thiophene rings is 2. The lowest BCUT2D eigenvalue weighted by molar-refractivity contribution is 0.0308. The monoisotopic (exact) mass is 373 g/mol. The Balaban J connectivity index is 1.80. The first kappa shape index (κ1) is 16.2. The van der Waals surface area contributed by atoms with Gasteiger partial charge in [-0.2, -0.15) is 0 Å². The molecule has 5 heteroatoms. The Kier molecular flexibility index (Phi) is 5.81. The number of rotatable bonds is 8. The van der Waals surface area contributed by atoms with E-state index in [1.54, 1.807) is 17.4 Å². The first-order valence-corrected chi connectivity index (χ1v) is 9.20. The third-order valence-corrected chi connectivity index (χ3v) is 6.38. The van der Waals surface area contributed by atoms with Gasteiger partial charge in [-0.05, 0) is 53.9 Å². The Hall–Kier alpha value is -0.200. The topological polar surface area (TPSA) is 32.3 Å². The standard InChI is InChI=1S/C15H20BrNOS2/c1-3-5-15(18,4-2)6-7-17-10-12-8-11-9-13(16)20-14(11)19-12/h3,8-9,17-18H,1,4-7,10H2,2H3. The molecule has 2 aromatic heterocycles. The smallest absolute Gasteiger partial charge is 0.0880 e. The molecule has 0 bridgehead atoms. The van der Waals surface area contributed by atoms with E-state index >= 15 is 0 Å². The highest BCUT2D eigenvalue weighted by Gasteiger charge is 2.21. The molecule has 0 fully saturated rings. The molecule has 0 spiro atoms. The third kappa shape index (κ3) is 4.15. The van der Waals surface area contributed by atoms with Crippen LogP contribution in [0.4, 0.5) is 0 Å². The van der Waals surface area contributed by atoms with E-state index in [4.69, 9.17) is 0 Å². The van der Waals surface area contributed by atoms with Gasteiger partial charge in [-0.15, -0.1) is 29.3 Å². The minimum absolute atomic E-state index is 0.602. The summed E-state index contributed by atoms with van der Waals surface area (Å²) >= 11 is 7.13. The fourth-order valence-electron chi connectivity index (χ4n) is 2.17. The number of aliphatic hydroxyl groups is 1. The third-order valence-electron chi connectivity index (χ3n) is 3.48.